The lowest BCUT2D eigenvalue weighted by molar-refractivity contribution is 0.0948. The quantitative estimate of drug-likeness (QED) is 0.681. The number of hydrogen-bond donors (Lipinski definition) is 0. The first-order chi connectivity index (χ1) is 12.0. The highest BCUT2D eigenvalue weighted by molar-refractivity contribution is 9.10. The second-order valence-electron chi connectivity index (χ2n) is 5.66. The van der Waals surface area contributed by atoms with Crippen LogP contribution >= 0.6 is 15.9 Å². The molecule has 0 aliphatic heterocycles. The maximum absolute atomic E-state index is 12.7. The van der Waals surface area contributed by atoms with Crippen molar-refractivity contribution in [3.05, 3.63) is 103 Å². The van der Waals surface area contributed by atoms with Gasteiger partial charge < -0.3 is 0 Å². The van der Waals surface area contributed by atoms with E-state index in [0.29, 0.717) is 15.7 Å². The van der Waals surface area contributed by atoms with Crippen LogP contribution in [0.15, 0.2) is 74.9 Å². The van der Waals surface area contributed by atoms with Gasteiger partial charge in [0.2, 0.25) is 0 Å². The van der Waals surface area contributed by atoms with Crippen LogP contribution in [-0.4, -0.2) is 15.0 Å². The van der Waals surface area contributed by atoms with E-state index in [1.54, 1.807) is 37.3 Å². The van der Waals surface area contributed by atoms with Crippen molar-refractivity contribution >= 4 is 21.8 Å². The van der Waals surface area contributed by atoms with Gasteiger partial charge in [-0.2, -0.15) is 4.57 Å². The van der Waals surface area contributed by atoms with Gasteiger partial charge in [0.25, 0.3) is 11.5 Å². The number of aromatic nitrogens is 2. The zero-order chi connectivity index (χ0) is 18.0. The SMILES string of the molecule is Cc1cn(Cc2ccc(Br)cc2)c(=O)n(C(=O)c2ccccc2)c1=O. The summed E-state index contributed by atoms with van der Waals surface area (Å²) in [6, 6.07) is 15.8. The van der Waals surface area contributed by atoms with E-state index >= 15 is 0 Å². The first-order valence-corrected chi connectivity index (χ1v) is 8.44. The number of carbonyl (C=O) groups excluding carboxylic acids is 1. The first-order valence-electron chi connectivity index (χ1n) is 7.64. The Morgan fingerprint density at radius 2 is 1.64 bits per heavy atom. The number of nitrogens with zero attached hydrogens (tertiary/aromatic N) is 2. The van der Waals surface area contributed by atoms with Crippen molar-refractivity contribution in [3.63, 3.8) is 0 Å². The van der Waals surface area contributed by atoms with E-state index in [-0.39, 0.29) is 6.54 Å². The van der Waals surface area contributed by atoms with E-state index in [0.717, 1.165) is 10.0 Å². The van der Waals surface area contributed by atoms with E-state index in [1.807, 2.05) is 24.3 Å². The van der Waals surface area contributed by atoms with Crippen molar-refractivity contribution in [3.8, 4) is 0 Å². The van der Waals surface area contributed by atoms with Crippen LogP contribution in [-0.2, 0) is 6.54 Å². The molecule has 1 aromatic heterocycles. The highest BCUT2D eigenvalue weighted by Gasteiger charge is 2.17. The molecule has 5 nitrogen and oxygen atoms in total. The average Bonchev–Trinajstić information content (AvgIpc) is 2.62. The highest BCUT2D eigenvalue weighted by atomic mass is 79.9. The number of halogens is 1. The second kappa shape index (κ2) is 7.03. The minimum absolute atomic E-state index is 0.273. The van der Waals surface area contributed by atoms with Crippen LogP contribution in [0.4, 0.5) is 0 Å². The third-order valence-electron chi connectivity index (χ3n) is 3.82. The summed E-state index contributed by atoms with van der Waals surface area (Å²) < 4.78 is 3.01. The summed E-state index contributed by atoms with van der Waals surface area (Å²) in [4.78, 5) is 37.7. The predicted molar refractivity (Wildman–Crippen MR) is 99.1 cm³/mol. The van der Waals surface area contributed by atoms with Crippen LogP contribution in [0.2, 0.25) is 0 Å². The summed E-state index contributed by atoms with van der Waals surface area (Å²) in [6.45, 7) is 1.87. The molecule has 0 fully saturated rings. The Bertz CT molecular complexity index is 1040. The lowest BCUT2D eigenvalue weighted by atomic mass is 10.2. The standard InChI is InChI=1S/C19H15BrN2O3/c1-13-11-21(12-14-7-9-16(20)10-8-14)19(25)22(17(13)23)18(24)15-5-3-2-4-6-15/h2-11H,12H2,1H3. The first kappa shape index (κ1) is 17.1. The molecule has 0 amide bonds. The maximum atomic E-state index is 12.7. The van der Waals surface area contributed by atoms with Crippen LogP contribution in [0.25, 0.3) is 0 Å². The monoisotopic (exact) mass is 398 g/mol. The van der Waals surface area contributed by atoms with Gasteiger partial charge in [0.15, 0.2) is 0 Å². The molecular weight excluding hydrogens is 384 g/mol. The highest BCUT2D eigenvalue weighted by Crippen LogP contribution is 2.11. The van der Waals surface area contributed by atoms with Crippen molar-refractivity contribution < 1.29 is 4.79 Å². The van der Waals surface area contributed by atoms with Gasteiger partial charge in [0, 0.05) is 21.8 Å². The van der Waals surface area contributed by atoms with E-state index in [4.69, 9.17) is 0 Å². The zero-order valence-corrected chi connectivity index (χ0v) is 15.1. The molecule has 0 atom stereocenters. The minimum Gasteiger partial charge on any atom is -0.295 e. The molecule has 0 saturated carbocycles. The van der Waals surface area contributed by atoms with Crippen molar-refractivity contribution in [2.24, 2.45) is 0 Å². The van der Waals surface area contributed by atoms with Crippen molar-refractivity contribution in [1.82, 2.24) is 9.13 Å². The Labute approximate surface area is 152 Å². The molecule has 0 unspecified atom stereocenters. The molecule has 0 aliphatic carbocycles. The Kier molecular flexibility index (Phi) is 4.81. The summed E-state index contributed by atoms with van der Waals surface area (Å²) in [5.74, 6) is -0.621. The van der Waals surface area contributed by atoms with Crippen LogP contribution < -0.4 is 11.2 Å². The lowest BCUT2D eigenvalue weighted by Gasteiger charge is -2.11. The third-order valence-corrected chi connectivity index (χ3v) is 4.35. The van der Waals surface area contributed by atoms with Crippen molar-refractivity contribution in [2.45, 2.75) is 13.5 Å². The molecular formula is C19H15BrN2O3. The number of aryl methyl sites for hydroxylation is 1. The third kappa shape index (κ3) is 3.53. The van der Waals surface area contributed by atoms with Gasteiger partial charge in [-0.05, 0) is 36.8 Å². The van der Waals surface area contributed by atoms with Crippen molar-refractivity contribution in [1.29, 1.82) is 0 Å². The van der Waals surface area contributed by atoms with Gasteiger partial charge in [-0.1, -0.05) is 46.3 Å². The van der Waals surface area contributed by atoms with Crippen molar-refractivity contribution in [2.75, 3.05) is 0 Å². The molecule has 1 heterocycles. The fourth-order valence-electron chi connectivity index (χ4n) is 2.52. The molecule has 25 heavy (non-hydrogen) atoms. The number of benzene rings is 2. The molecule has 0 saturated heterocycles. The maximum Gasteiger partial charge on any atom is 0.338 e. The van der Waals surface area contributed by atoms with Gasteiger partial charge in [-0.15, -0.1) is 0 Å². The molecule has 0 bridgehead atoms. The lowest BCUT2D eigenvalue weighted by Crippen LogP contribution is -2.44. The fraction of sp³-hybridized carbons (Fsp3) is 0.105. The molecule has 3 rings (SSSR count). The number of carbonyl (C=O) groups is 1. The van der Waals surface area contributed by atoms with E-state index in [2.05, 4.69) is 15.9 Å². The van der Waals surface area contributed by atoms with Crippen LogP contribution in [0, 0.1) is 6.92 Å². The molecule has 6 heteroatoms. The molecule has 3 aromatic rings. The Morgan fingerprint density at radius 3 is 2.28 bits per heavy atom. The molecule has 0 radical (unpaired) electrons. The largest absolute Gasteiger partial charge is 0.338 e. The Morgan fingerprint density at radius 1 is 1.00 bits per heavy atom. The summed E-state index contributed by atoms with van der Waals surface area (Å²) in [7, 11) is 0. The van der Waals surface area contributed by atoms with Gasteiger partial charge in [0.1, 0.15) is 0 Å². The summed E-state index contributed by atoms with van der Waals surface area (Å²) in [6.07, 6.45) is 1.49. The molecule has 2 aromatic carbocycles. The molecule has 0 aliphatic rings. The number of hydrogen-bond acceptors (Lipinski definition) is 3. The van der Waals surface area contributed by atoms with Gasteiger partial charge in [-0.25, -0.2) is 4.79 Å². The van der Waals surface area contributed by atoms with E-state index in [1.165, 1.54) is 10.8 Å². The van der Waals surface area contributed by atoms with Crippen LogP contribution in [0.1, 0.15) is 21.5 Å². The summed E-state index contributed by atoms with van der Waals surface area (Å²) in [5.41, 5.74) is 0.281. The predicted octanol–water partition coefficient (Wildman–Crippen LogP) is 2.82. The number of rotatable bonds is 3. The summed E-state index contributed by atoms with van der Waals surface area (Å²) in [5, 5.41) is 0. The van der Waals surface area contributed by atoms with Crippen LogP contribution in [0.3, 0.4) is 0 Å². The average molecular weight is 399 g/mol. The zero-order valence-electron chi connectivity index (χ0n) is 13.5. The van der Waals surface area contributed by atoms with Crippen LogP contribution in [0.5, 0.6) is 0 Å². The fourth-order valence-corrected chi connectivity index (χ4v) is 2.79. The smallest absolute Gasteiger partial charge is 0.295 e. The Hall–Kier alpha value is -2.73. The molecule has 0 spiro atoms. The van der Waals surface area contributed by atoms with Gasteiger partial charge in [-0.3, -0.25) is 14.2 Å². The van der Waals surface area contributed by atoms with Gasteiger partial charge in [0.05, 0.1) is 6.54 Å². The molecule has 0 N–H and O–H groups in total. The Balaban J connectivity index is 2.09. The van der Waals surface area contributed by atoms with E-state index < -0.39 is 17.2 Å². The molecule has 126 valence electrons. The topological polar surface area (TPSA) is 61.1 Å². The van der Waals surface area contributed by atoms with Gasteiger partial charge >= 0.3 is 5.69 Å². The summed E-state index contributed by atoms with van der Waals surface area (Å²) >= 11 is 3.36. The van der Waals surface area contributed by atoms with E-state index in [9.17, 15) is 14.4 Å². The minimum atomic E-state index is -0.646. The second-order valence-corrected chi connectivity index (χ2v) is 6.58. The normalized spacial score (nSPS) is 10.6.